The molecule has 0 aliphatic rings. The first kappa shape index (κ1) is 16.0. The molecule has 0 radical (unpaired) electrons. The highest BCUT2D eigenvalue weighted by molar-refractivity contribution is 5.76. The van der Waals surface area contributed by atoms with E-state index in [1.54, 1.807) is 42.7 Å². The zero-order chi connectivity index (χ0) is 17.2. The van der Waals surface area contributed by atoms with Crippen molar-refractivity contribution >= 4 is 6.29 Å². The number of hydrogen-bond donors (Lipinski definition) is 0. The Morgan fingerprint density at radius 2 is 1.83 bits per heavy atom. The summed E-state index contributed by atoms with van der Waals surface area (Å²) in [6.45, 7) is -1.75. The minimum Gasteiger partial charge on any atom is -0.298 e. The number of carbonyl (C=O) groups excluding carboxylic acids is 1. The summed E-state index contributed by atoms with van der Waals surface area (Å²) < 4.78 is 40.9. The standard InChI is InChI=1S/C18H13F3N2O/c19-12-18(20,21)16-2-1-3-17(8-16)23-10-15(9-22-23)14-6-4-13(11-24)5-7-14/h1-11H,12H2. The van der Waals surface area contributed by atoms with Gasteiger partial charge in [0.1, 0.15) is 6.29 Å². The van der Waals surface area contributed by atoms with Crippen LogP contribution in [-0.4, -0.2) is 22.7 Å². The van der Waals surface area contributed by atoms with Gasteiger partial charge in [0.25, 0.3) is 0 Å². The molecule has 3 aromatic rings. The van der Waals surface area contributed by atoms with Crippen molar-refractivity contribution in [3.8, 4) is 16.8 Å². The van der Waals surface area contributed by atoms with Crippen LogP contribution in [-0.2, 0) is 5.92 Å². The minimum absolute atomic E-state index is 0.394. The molecule has 6 heteroatoms. The summed E-state index contributed by atoms with van der Waals surface area (Å²) in [5.41, 5.74) is 2.20. The Labute approximate surface area is 136 Å². The fourth-order valence-corrected chi connectivity index (χ4v) is 2.32. The van der Waals surface area contributed by atoms with E-state index in [-0.39, 0.29) is 0 Å². The Kier molecular flexibility index (Phi) is 4.20. The van der Waals surface area contributed by atoms with Crippen LogP contribution in [0.15, 0.2) is 60.9 Å². The summed E-state index contributed by atoms with van der Waals surface area (Å²) in [6, 6.07) is 12.4. The Morgan fingerprint density at radius 3 is 2.50 bits per heavy atom. The molecule has 0 saturated heterocycles. The van der Waals surface area contributed by atoms with Gasteiger partial charge in [-0.15, -0.1) is 0 Å². The molecule has 0 bridgehead atoms. The lowest BCUT2D eigenvalue weighted by Gasteiger charge is -2.13. The lowest BCUT2D eigenvalue weighted by Crippen LogP contribution is -2.16. The van der Waals surface area contributed by atoms with E-state index in [9.17, 15) is 18.0 Å². The number of benzene rings is 2. The number of carbonyl (C=O) groups is 1. The van der Waals surface area contributed by atoms with Gasteiger partial charge in [-0.25, -0.2) is 9.07 Å². The van der Waals surface area contributed by atoms with Gasteiger partial charge in [0.15, 0.2) is 6.67 Å². The Bertz CT molecular complexity index is 857. The molecule has 0 fully saturated rings. The van der Waals surface area contributed by atoms with Crippen LogP contribution in [0.2, 0.25) is 0 Å². The predicted molar refractivity (Wildman–Crippen MR) is 84.3 cm³/mol. The largest absolute Gasteiger partial charge is 0.301 e. The molecule has 3 nitrogen and oxygen atoms in total. The first-order chi connectivity index (χ1) is 11.5. The van der Waals surface area contributed by atoms with E-state index in [1.165, 1.54) is 22.9 Å². The summed E-state index contributed by atoms with van der Waals surface area (Å²) in [6.07, 6.45) is 4.03. The SMILES string of the molecule is O=Cc1ccc(-c2cnn(-c3cccc(C(F)(F)CF)c3)c2)cc1. The molecule has 0 unspecified atom stereocenters. The topological polar surface area (TPSA) is 34.9 Å². The van der Waals surface area contributed by atoms with Crippen molar-refractivity contribution in [2.75, 3.05) is 6.67 Å². The van der Waals surface area contributed by atoms with Gasteiger partial charge in [0, 0.05) is 22.9 Å². The molecule has 3 rings (SSSR count). The molecule has 0 aliphatic heterocycles. The molecule has 0 spiro atoms. The van der Waals surface area contributed by atoms with Crippen LogP contribution in [0.25, 0.3) is 16.8 Å². The Hall–Kier alpha value is -2.89. The fraction of sp³-hybridized carbons (Fsp3) is 0.111. The van der Waals surface area contributed by atoms with Gasteiger partial charge in [-0.3, -0.25) is 4.79 Å². The smallest absolute Gasteiger partial charge is 0.298 e. The average Bonchev–Trinajstić information content (AvgIpc) is 3.12. The molecule has 0 amide bonds. The third kappa shape index (κ3) is 3.08. The first-order valence-corrected chi connectivity index (χ1v) is 7.18. The summed E-state index contributed by atoms with van der Waals surface area (Å²) >= 11 is 0. The first-order valence-electron chi connectivity index (χ1n) is 7.18. The second-order valence-electron chi connectivity index (χ2n) is 5.30. The van der Waals surface area contributed by atoms with Gasteiger partial charge in [-0.05, 0) is 17.7 Å². The van der Waals surface area contributed by atoms with Crippen LogP contribution in [0.4, 0.5) is 13.2 Å². The van der Waals surface area contributed by atoms with E-state index >= 15 is 0 Å². The second kappa shape index (κ2) is 6.31. The zero-order valence-electron chi connectivity index (χ0n) is 12.5. The van der Waals surface area contributed by atoms with Gasteiger partial charge in [-0.2, -0.15) is 13.9 Å². The highest BCUT2D eigenvalue weighted by atomic mass is 19.3. The van der Waals surface area contributed by atoms with Crippen LogP contribution in [0.3, 0.4) is 0 Å². The maximum Gasteiger partial charge on any atom is 0.301 e. The number of halogens is 3. The van der Waals surface area contributed by atoms with Crippen LogP contribution in [0.5, 0.6) is 0 Å². The van der Waals surface area contributed by atoms with Crippen LogP contribution >= 0.6 is 0 Å². The summed E-state index contributed by atoms with van der Waals surface area (Å²) in [4.78, 5) is 10.7. The average molecular weight is 330 g/mol. The summed E-state index contributed by atoms with van der Waals surface area (Å²) in [5, 5.41) is 4.16. The van der Waals surface area contributed by atoms with E-state index < -0.39 is 18.2 Å². The number of aromatic nitrogens is 2. The number of alkyl halides is 3. The van der Waals surface area contributed by atoms with E-state index in [4.69, 9.17) is 0 Å². The molecule has 0 atom stereocenters. The van der Waals surface area contributed by atoms with Crippen molar-refractivity contribution < 1.29 is 18.0 Å². The Morgan fingerprint density at radius 1 is 1.08 bits per heavy atom. The molecular weight excluding hydrogens is 317 g/mol. The fourth-order valence-electron chi connectivity index (χ4n) is 2.32. The summed E-state index contributed by atoms with van der Waals surface area (Å²) in [7, 11) is 0. The highest BCUT2D eigenvalue weighted by Crippen LogP contribution is 2.30. The number of rotatable bonds is 5. The molecule has 0 aliphatic carbocycles. The normalized spacial score (nSPS) is 11.5. The van der Waals surface area contributed by atoms with E-state index in [0.29, 0.717) is 11.3 Å². The van der Waals surface area contributed by atoms with Gasteiger partial charge in [0.05, 0.1) is 11.9 Å². The van der Waals surface area contributed by atoms with Crippen molar-refractivity contribution in [3.05, 3.63) is 72.1 Å². The maximum atomic E-state index is 13.5. The number of nitrogens with zero attached hydrogens (tertiary/aromatic N) is 2. The minimum atomic E-state index is -3.52. The predicted octanol–water partition coefficient (Wildman–Crippen LogP) is 4.41. The number of aldehydes is 1. The molecule has 1 aromatic heterocycles. The van der Waals surface area contributed by atoms with E-state index in [0.717, 1.165) is 17.4 Å². The molecule has 1 heterocycles. The third-order valence-electron chi connectivity index (χ3n) is 3.66. The third-order valence-corrected chi connectivity index (χ3v) is 3.66. The quantitative estimate of drug-likeness (QED) is 0.649. The molecule has 0 saturated carbocycles. The molecule has 24 heavy (non-hydrogen) atoms. The van der Waals surface area contributed by atoms with Gasteiger partial charge >= 0.3 is 5.92 Å². The van der Waals surface area contributed by atoms with Crippen molar-refractivity contribution in [2.24, 2.45) is 0 Å². The molecule has 122 valence electrons. The lowest BCUT2D eigenvalue weighted by molar-refractivity contribution is -0.0280. The van der Waals surface area contributed by atoms with Crippen molar-refractivity contribution in [2.45, 2.75) is 5.92 Å². The molecule has 2 aromatic carbocycles. The number of hydrogen-bond acceptors (Lipinski definition) is 2. The van der Waals surface area contributed by atoms with E-state index in [2.05, 4.69) is 5.10 Å². The summed E-state index contributed by atoms with van der Waals surface area (Å²) in [5.74, 6) is -3.52. The second-order valence-corrected chi connectivity index (χ2v) is 5.30. The molecular formula is C18H13F3N2O. The van der Waals surface area contributed by atoms with Crippen LogP contribution in [0, 0.1) is 0 Å². The Balaban J connectivity index is 1.93. The van der Waals surface area contributed by atoms with Crippen LogP contribution < -0.4 is 0 Å². The van der Waals surface area contributed by atoms with Gasteiger partial charge in [-0.1, -0.05) is 36.4 Å². The maximum absolute atomic E-state index is 13.5. The molecule has 0 N–H and O–H groups in total. The lowest BCUT2D eigenvalue weighted by atomic mass is 10.1. The van der Waals surface area contributed by atoms with Gasteiger partial charge < -0.3 is 0 Å². The van der Waals surface area contributed by atoms with Crippen molar-refractivity contribution in [1.29, 1.82) is 0 Å². The highest BCUT2D eigenvalue weighted by Gasteiger charge is 2.31. The van der Waals surface area contributed by atoms with Crippen LogP contribution in [0.1, 0.15) is 15.9 Å². The van der Waals surface area contributed by atoms with Gasteiger partial charge in [0.2, 0.25) is 0 Å². The van der Waals surface area contributed by atoms with Crippen molar-refractivity contribution in [1.82, 2.24) is 9.78 Å². The monoisotopic (exact) mass is 330 g/mol. The zero-order valence-corrected chi connectivity index (χ0v) is 12.5. The van der Waals surface area contributed by atoms with E-state index in [1.807, 2.05) is 0 Å². The van der Waals surface area contributed by atoms with Crippen molar-refractivity contribution in [3.63, 3.8) is 0 Å².